The summed E-state index contributed by atoms with van der Waals surface area (Å²) in [6.07, 6.45) is 2.59. The van der Waals surface area contributed by atoms with Crippen LogP contribution in [-0.2, 0) is 11.3 Å². The number of ether oxygens (including phenoxy) is 1. The molecule has 5 nitrogen and oxygen atoms in total. The van der Waals surface area contributed by atoms with E-state index in [4.69, 9.17) is 4.74 Å². The van der Waals surface area contributed by atoms with Gasteiger partial charge in [0.1, 0.15) is 5.82 Å². The van der Waals surface area contributed by atoms with Gasteiger partial charge in [-0.1, -0.05) is 6.07 Å². The number of nitrogens with one attached hydrogen (secondary N) is 1. The smallest absolute Gasteiger partial charge is 0.193 e. The quantitative estimate of drug-likeness (QED) is 0.362. The van der Waals surface area contributed by atoms with Crippen LogP contribution in [0.1, 0.15) is 18.4 Å². The van der Waals surface area contributed by atoms with Crippen LogP contribution in [0.3, 0.4) is 0 Å². The summed E-state index contributed by atoms with van der Waals surface area (Å²) < 4.78 is 19.8. The molecule has 0 aromatic heterocycles. The van der Waals surface area contributed by atoms with Gasteiger partial charge in [-0.15, -0.1) is 24.0 Å². The van der Waals surface area contributed by atoms with Crippen LogP contribution in [0.2, 0.25) is 0 Å². The SMILES string of the molecule is CN=C(NCC1CCCO1)N1CCN(Cc2ccc(Br)c(F)c2)CC1.I. The van der Waals surface area contributed by atoms with E-state index in [-0.39, 0.29) is 29.8 Å². The zero-order chi connectivity index (χ0) is 17.6. The Hall–Kier alpha value is -0.450. The Morgan fingerprint density at radius 2 is 2.12 bits per heavy atom. The molecule has 2 aliphatic rings. The summed E-state index contributed by atoms with van der Waals surface area (Å²) in [5.74, 6) is 0.750. The van der Waals surface area contributed by atoms with Crippen LogP contribution in [0.4, 0.5) is 4.39 Å². The normalized spacial score (nSPS) is 21.6. The van der Waals surface area contributed by atoms with Crippen molar-refractivity contribution in [3.8, 4) is 0 Å². The Kier molecular flexibility index (Phi) is 9.05. The molecule has 2 heterocycles. The van der Waals surface area contributed by atoms with Crippen LogP contribution < -0.4 is 5.32 Å². The van der Waals surface area contributed by atoms with Gasteiger partial charge in [0.25, 0.3) is 0 Å². The molecule has 8 heteroatoms. The molecule has 0 aliphatic carbocycles. The van der Waals surface area contributed by atoms with Gasteiger partial charge in [-0.2, -0.15) is 0 Å². The fourth-order valence-electron chi connectivity index (χ4n) is 3.36. The Morgan fingerprint density at radius 3 is 2.73 bits per heavy atom. The molecule has 0 amide bonds. The Morgan fingerprint density at radius 1 is 1.35 bits per heavy atom. The monoisotopic (exact) mass is 540 g/mol. The highest BCUT2D eigenvalue weighted by atomic mass is 127. The number of rotatable bonds is 4. The summed E-state index contributed by atoms with van der Waals surface area (Å²) in [6.45, 7) is 6.20. The van der Waals surface area contributed by atoms with Gasteiger partial charge >= 0.3 is 0 Å². The minimum atomic E-state index is -0.199. The molecule has 26 heavy (non-hydrogen) atoms. The molecule has 0 bridgehead atoms. The first-order valence-electron chi connectivity index (χ1n) is 8.89. The highest BCUT2D eigenvalue weighted by molar-refractivity contribution is 14.0. The van der Waals surface area contributed by atoms with Gasteiger partial charge in [0, 0.05) is 52.9 Å². The van der Waals surface area contributed by atoms with Crippen LogP contribution in [0, 0.1) is 5.82 Å². The molecule has 1 unspecified atom stereocenters. The first-order chi connectivity index (χ1) is 12.2. The maximum atomic E-state index is 13.7. The van der Waals surface area contributed by atoms with Gasteiger partial charge in [0.15, 0.2) is 5.96 Å². The van der Waals surface area contributed by atoms with Gasteiger partial charge < -0.3 is 15.0 Å². The van der Waals surface area contributed by atoms with Crippen molar-refractivity contribution in [2.24, 2.45) is 4.99 Å². The molecule has 0 spiro atoms. The number of benzene rings is 1. The molecule has 1 aromatic carbocycles. The Balaban J connectivity index is 0.00000243. The molecule has 2 saturated heterocycles. The van der Waals surface area contributed by atoms with E-state index >= 15 is 0 Å². The van der Waals surface area contributed by atoms with Crippen LogP contribution >= 0.6 is 39.9 Å². The predicted molar refractivity (Wildman–Crippen MR) is 117 cm³/mol. The van der Waals surface area contributed by atoms with E-state index in [1.54, 1.807) is 12.1 Å². The third-order valence-corrected chi connectivity index (χ3v) is 5.43. The average molecular weight is 541 g/mol. The van der Waals surface area contributed by atoms with Gasteiger partial charge in [-0.05, 0) is 46.5 Å². The van der Waals surface area contributed by atoms with Crippen molar-refractivity contribution < 1.29 is 9.13 Å². The Bertz CT molecular complexity index is 605. The molecule has 1 aromatic rings. The minimum Gasteiger partial charge on any atom is -0.376 e. The second kappa shape index (κ2) is 10.8. The lowest BCUT2D eigenvalue weighted by molar-refractivity contribution is 0.112. The summed E-state index contributed by atoms with van der Waals surface area (Å²) in [7, 11) is 1.83. The van der Waals surface area contributed by atoms with E-state index in [1.165, 1.54) is 0 Å². The zero-order valence-electron chi connectivity index (χ0n) is 15.1. The van der Waals surface area contributed by atoms with Crippen molar-refractivity contribution in [1.82, 2.24) is 15.1 Å². The summed E-state index contributed by atoms with van der Waals surface area (Å²) in [5.41, 5.74) is 1.01. The highest BCUT2D eigenvalue weighted by Crippen LogP contribution is 2.18. The molecular weight excluding hydrogens is 514 g/mol. The first kappa shape index (κ1) is 21.8. The van der Waals surface area contributed by atoms with Gasteiger partial charge in [0.2, 0.25) is 0 Å². The number of aliphatic imine (C=N–C) groups is 1. The minimum absolute atomic E-state index is 0. The van der Waals surface area contributed by atoms with Crippen LogP contribution in [0.5, 0.6) is 0 Å². The summed E-state index contributed by atoms with van der Waals surface area (Å²) in [4.78, 5) is 9.04. The standard InChI is InChI=1S/C18H26BrFN4O.HI/c1-21-18(22-12-15-3-2-10-25-15)24-8-6-23(7-9-24)13-14-4-5-16(19)17(20)11-14;/h4-5,11,15H,2-3,6-10,12-13H2,1H3,(H,21,22);1H. The molecule has 0 radical (unpaired) electrons. The van der Waals surface area contributed by atoms with Crippen LogP contribution in [-0.4, -0.2) is 68.2 Å². The largest absolute Gasteiger partial charge is 0.376 e. The molecular formula is C18H27BrFIN4O. The number of nitrogens with zero attached hydrogens (tertiary/aromatic N) is 3. The second-order valence-electron chi connectivity index (χ2n) is 6.57. The lowest BCUT2D eigenvalue weighted by Gasteiger charge is -2.36. The maximum absolute atomic E-state index is 13.7. The summed E-state index contributed by atoms with van der Waals surface area (Å²) in [5, 5.41) is 3.44. The van der Waals surface area contributed by atoms with Crippen molar-refractivity contribution in [1.29, 1.82) is 0 Å². The molecule has 3 rings (SSSR count). The number of piperazine rings is 1. The van der Waals surface area contributed by atoms with Crippen LogP contribution in [0.25, 0.3) is 0 Å². The molecule has 1 N–H and O–H groups in total. The van der Waals surface area contributed by atoms with E-state index in [0.717, 1.165) is 70.2 Å². The number of hydrogen-bond acceptors (Lipinski definition) is 3. The van der Waals surface area contributed by atoms with E-state index < -0.39 is 0 Å². The maximum Gasteiger partial charge on any atom is 0.193 e. The predicted octanol–water partition coefficient (Wildman–Crippen LogP) is 3.08. The lowest BCUT2D eigenvalue weighted by atomic mass is 10.2. The molecule has 146 valence electrons. The van der Waals surface area contributed by atoms with Crippen molar-refractivity contribution in [2.45, 2.75) is 25.5 Å². The first-order valence-corrected chi connectivity index (χ1v) is 9.68. The van der Waals surface area contributed by atoms with E-state index in [0.29, 0.717) is 10.6 Å². The number of halogens is 3. The fraction of sp³-hybridized carbons (Fsp3) is 0.611. The second-order valence-corrected chi connectivity index (χ2v) is 7.43. The lowest BCUT2D eigenvalue weighted by Crippen LogP contribution is -2.53. The highest BCUT2D eigenvalue weighted by Gasteiger charge is 2.21. The van der Waals surface area contributed by atoms with E-state index in [9.17, 15) is 4.39 Å². The van der Waals surface area contributed by atoms with E-state index in [1.807, 2.05) is 13.1 Å². The van der Waals surface area contributed by atoms with Crippen molar-refractivity contribution in [3.05, 3.63) is 34.1 Å². The third kappa shape index (κ3) is 6.03. The third-order valence-electron chi connectivity index (χ3n) is 4.79. The topological polar surface area (TPSA) is 40.1 Å². The van der Waals surface area contributed by atoms with Gasteiger partial charge in [0.05, 0.1) is 10.6 Å². The van der Waals surface area contributed by atoms with Crippen molar-refractivity contribution >= 4 is 45.9 Å². The molecule has 0 saturated carbocycles. The Labute approximate surface area is 180 Å². The van der Waals surface area contributed by atoms with Gasteiger partial charge in [-0.25, -0.2) is 4.39 Å². The van der Waals surface area contributed by atoms with E-state index in [2.05, 4.69) is 36.0 Å². The van der Waals surface area contributed by atoms with Gasteiger partial charge in [-0.3, -0.25) is 9.89 Å². The average Bonchev–Trinajstić information content (AvgIpc) is 3.13. The van der Waals surface area contributed by atoms with Crippen molar-refractivity contribution in [2.75, 3.05) is 46.4 Å². The van der Waals surface area contributed by atoms with Crippen molar-refractivity contribution in [3.63, 3.8) is 0 Å². The molecule has 1 atom stereocenters. The fourth-order valence-corrected chi connectivity index (χ4v) is 3.60. The number of guanidine groups is 1. The molecule has 2 aliphatic heterocycles. The number of hydrogen-bond donors (Lipinski definition) is 1. The molecule has 2 fully saturated rings. The zero-order valence-corrected chi connectivity index (χ0v) is 19.0. The summed E-state index contributed by atoms with van der Waals surface area (Å²) >= 11 is 3.20. The van der Waals surface area contributed by atoms with Crippen LogP contribution in [0.15, 0.2) is 27.7 Å². The summed E-state index contributed by atoms with van der Waals surface area (Å²) in [6, 6.07) is 5.36.